The Morgan fingerprint density at radius 2 is 1.79 bits per heavy atom. The van der Waals surface area contributed by atoms with Gasteiger partial charge in [-0.2, -0.15) is 4.31 Å². The molecule has 1 unspecified atom stereocenters. The van der Waals surface area contributed by atoms with Gasteiger partial charge in [0.05, 0.1) is 18.4 Å². The van der Waals surface area contributed by atoms with E-state index in [2.05, 4.69) is 5.32 Å². The Balaban J connectivity index is 2.32. The van der Waals surface area contributed by atoms with Crippen molar-refractivity contribution in [1.82, 2.24) is 4.31 Å². The Hall–Kier alpha value is -2.71. The molecule has 2 aromatic rings. The first-order valence-electron chi connectivity index (χ1n) is 8.71. The van der Waals surface area contributed by atoms with E-state index in [4.69, 9.17) is 4.74 Å². The number of carbonyl (C=O) groups excluding carboxylic acids is 2. The summed E-state index contributed by atoms with van der Waals surface area (Å²) in [6, 6.07) is 12.4. The first kappa shape index (κ1) is 21.6. The third-order valence-corrected chi connectivity index (χ3v) is 5.50. The molecule has 1 amide bonds. The summed E-state index contributed by atoms with van der Waals surface area (Å²) < 4.78 is 30.1. The molecule has 0 heterocycles. The van der Waals surface area contributed by atoms with Gasteiger partial charge >= 0.3 is 5.97 Å². The number of carbonyl (C=O) groups is 2. The summed E-state index contributed by atoms with van der Waals surface area (Å²) in [5.74, 6) is -0.937. The van der Waals surface area contributed by atoms with E-state index in [0.717, 1.165) is 10.6 Å². The van der Waals surface area contributed by atoms with Gasteiger partial charge in [-0.05, 0) is 43.2 Å². The molecule has 150 valence electrons. The van der Waals surface area contributed by atoms with Crippen LogP contribution in [0.3, 0.4) is 0 Å². The van der Waals surface area contributed by atoms with Gasteiger partial charge in [0.2, 0.25) is 15.9 Å². The predicted molar refractivity (Wildman–Crippen MR) is 108 cm³/mol. The van der Waals surface area contributed by atoms with E-state index in [1.807, 2.05) is 0 Å². The minimum Gasteiger partial charge on any atom is -0.462 e. The SMILES string of the molecule is CCOC(=O)c1ccc(NC(=O)C(c2ccccc2)N(C)S(C)(=O)=O)c(C)c1. The molecule has 0 aliphatic heterocycles. The van der Waals surface area contributed by atoms with Gasteiger partial charge in [-0.1, -0.05) is 30.3 Å². The Kier molecular flexibility index (Phi) is 6.93. The maximum absolute atomic E-state index is 13.0. The lowest BCUT2D eigenvalue weighted by molar-refractivity contribution is -0.119. The number of nitrogens with zero attached hydrogens (tertiary/aromatic N) is 1. The molecule has 8 heteroatoms. The first-order valence-corrected chi connectivity index (χ1v) is 10.6. The Labute approximate surface area is 165 Å². The maximum atomic E-state index is 13.0. The highest BCUT2D eigenvalue weighted by Crippen LogP contribution is 2.25. The molecule has 0 aliphatic carbocycles. The highest BCUT2D eigenvalue weighted by Gasteiger charge is 2.31. The number of esters is 1. The van der Waals surface area contributed by atoms with Gasteiger partial charge in [0, 0.05) is 12.7 Å². The van der Waals surface area contributed by atoms with Gasteiger partial charge in [0.1, 0.15) is 6.04 Å². The van der Waals surface area contributed by atoms with Crippen molar-refractivity contribution in [3.8, 4) is 0 Å². The number of benzene rings is 2. The quantitative estimate of drug-likeness (QED) is 0.717. The number of hydrogen-bond donors (Lipinski definition) is 1. The van der Waals surface area contributed by atoms with Crippen LogP contribution in [0, 0.1) is 6.92 Å². The summed E-state index contributed by atoms with van der Waals surface area (Å²) in [6.07, 6.45) is 1.05. The third-order valence-electron chi connectivity index (χ3n) is 4.25. The molecule has 0 radical (unpaired) electrons. The number of hydrogen-bond acceptors (Lipinski definition) is 5. The molecule has 28 heavy (non-hydrogen) atoms. The standard InChI is InChI=1S/C20H24N2O5S/c1-5-27-20(24)16-11-12-17(14(2)13-16)21-19(23)18(22(3)28(4,25)26)15-9-7-6-8-10-15/h6-13,18H,5H2,1-4H3,(H,21,23). The summed E-state index contributed by atoms with van der Waals surface area (Å²) in [4.78, 5) is 24.8. The Morgan fingerprint density at radius 1 is 1.14 bits per heavy atom. The predicted octanol–water partition coefficient (Wildman–Crippen LogP) is 2.74. The fraction of sp³-hybridized carbons (Fsp3) is 0.300. The number of sulfonamides is 1. The summed E-state index contributed by atoms with van der Waals surface area (Å²) in [5, 5.41) is 2.76. The van der Waals surface area contributed by atoms with Crippen LogP contribution < -0.4 is 5.32 Å². The van der Waals surface area contributed by atoms with Crippen molar-refractivity contribution in [3.63, 3.8) is 0 Å². The van der Waals surface area contributed by atoms with E-state index in [1.54, 1.807) is 62.4 Å². The van der Waals surface area contributed by atoms with Gasteiger partial charge in [-0.3, -0.25) is 4.79 Å². The summed E-state index contributed by atoms with van der Waals surface area (Å²) >= 11 is 0. The van der Waals surface area contributed by atoms with Crippen molar-refractivity contribution in [2.24, 2.45) is 0 Å². The minimum atomic E-state index is -3.61. The lowest BCUT2D eigenvalue weighted by Gasteiger charge is -2.26. The van der Waals surface area contributed by atoms with Gasteiger partial charge in [0.25, 0.3) is 0 Å². The van der Waals surface area contributed by atoms with E-state index < -0.39 is 27.9 Å². The maximum Gasteiger partial charge on any atom is 0.338 e. The molecule has 1 N–H and O–H groups in total. The lowest BCUT2D eigenvalue weighted by Crippen LogP contribution is -2.38. The molecule has 0 bridgehead atoms. The number of likely N-dealkylation sites (N-methyl/N-ethyl adjacent to an activating group) is 1. The van der Waals surface area contributed by atoms with E-state index in [1.165, 1.54) is 7.05 Å². The molecule has 0 fully saturated rings. The van der Waals surface area contributed by atoms with Crippen LogP contribution in [-0.4, -0.2) is 44.5 Å². The van der Waals surface area contributed by atoms with E-state index >= 15 is 0 Å². The molecule has 0 saturated heterocycles. The number of nitrogens with one attached hydrogen (secondary N) is 1. The van der Waals surface area contributed by atoms with Crippen molar-refractivity contribution >= 4 is 27.6 Å². The topological polar surface area (TPSA) is 92.8 Å². The highest BCUT2D eigenvalue weighted by atomic mass is 32.2. The average molecular weight is 404 g/mol. The van der Waals surface area contributed by atoms with E-state index in [0.29, 0.717) is 22.4 Å². The zero-order valence-corrected chi connectivity index (χ0v) is 17.1. The smallest absolute Gasteiger partial charge is 0.338 e. The molecule has 0 aliphatic rings. The van der Waals surface area contributed by atoms with Gasteiger partial charge < -0.3 is 10.1 Å². The fourth-order valence-corrected chi connectivity index (χ4v) is 3.30. The first-order chi connectivity index (χ1) is 13.1. The molecule has 2 rings (SSSR count). The monoisotopic (exact) mass is 404 g/mol. The van der Waals surface area contributed by atoms with Crippen LogP contribution in [0.15, 0.2) is 48.5 Å². The van der Waals surface area contributed by atoms with Crippen LogP contribution in [0.2, 0.25) is 0 Å². The summed E-state index contributed by atoms with van der Waals surface area (Å²) in [7, 11) is -2.25. The number of anilines is 1. The molecule has 0 saturated carbocycles. The van der Waals surface area contributed by atoms with Crippen molar-refractivity contribution in [3.05, 3.63) is 65.2 Å². The minimum absolute atomic E-state index is 0.271. The normalized spacial score (nSPS) is 12.5. The number of rotatable bonds is 7. The van der Waals surface area contributed by atoms with Crippen LogP contribution in [0.25, 0.3) is 0 Å². The van der Waals surface area contributed by atoms with Gasteiger partial charge in [-0.25, -0.2) is 13.2 Å². The molecule has 1 atom stereocenters. The summed E-state index contributed by atoms with van der Waals surface area (Å²) in [5.41, 5.74) is 2.08. The van der Waals surface area contributed by atoms with Crippen LogP contribution in [-0.2, 0) is 19.6 Å². The number of amides is 1. The second-order valence-corrected chi connectivity index (χ2v) is 8.37. The fourth-order valence-electron chi connectivity index (χ4n) is 2.70. The number of ether oxygens (including phenoxy) is 1. The molecule has 0 aromatic heterocycles. The average Bonchev–Trinajstić information content (AvgIpc) is 2.64. The van der Waals surface area contributed by atoms with E-state index in [9.17, 15) is 18.0 Å². The van der Waals surface area contributed by atoms with Crippen molar-refractivity contribution in [1.29, 1.82) is 0 Å². The van der Waals surface area contributed by atoms with Crippen LogP contribution >= 0.6 is 0 Å². The van der Waals surface area contributed by atoms with Crippen LogP contribution in [0.5, 0.6) is 0 Å². The molecular weight excluding hydrogens is 380 g/mol. The largest absolute Gasteiger partial charge is 0.462 e. The molecule has 0 spiro atoms. The van der Waals surface area contributed by atoms with Gasteiger partial charge in [-0.15, -0.1) is 0 Å². The van der Waals surface area contributed by atoms with Crippen molar-refractivity contribution in [2.45, 2.75) is 19.9 Å². The zero-order chi connectivity index (χ0) is 20.9. The second kappa shape index (κ2) is 8.99. The Morgan fingerprint density at radius 3 is 2.32 bits per heavy atom. The third kappa shape index (κ3) is 5.17. The highest BCUT2D eigenvalue weighted by molar-refractivity contribution is 7.88. The van der Waals surface area contributed by atoms with Crippen molar-refractivity contribution in [2.75, 3.05) is 25.2 Å². The van der Waals surface area contributed by atoms with Crippen LogP contribution in [0.1, 0.15) is 34.5 Å². The molecular formula is C20H24N2O5S. The number of aryl methyl sites for hydroxylation is 1. The zero-order valence-electron chi connectivity index (χ0n) is 16.3. The lowest BCUT2D eigenvalue weighted by atomic mass is 10.1. The summed E-state index contributed by atoms with van der Waals surface area (Å²) in [6.45, 7) is 3.74. The van der Waals surface area contributed by atoms with Crippen LogP contribution in [0.4, 0.5) is 5.69 Å². The van der Waals surface area contributed by atoms with Gasteiger partial charge in [0.15, 0.2) is 0 Å². The molecule has 2 aromatic carbocycles. The Bertz CT molecular complexity index is 958. The van der Waals surface area contributed by atoms with E-state index in [-0.39, 0.29) is 6.61 Å². The second-order valence-electron chi connectivity index (χ2n) is 6.33. The van der Waals surface area contributed by atoms with Crippen molar-refractivity contribution < 1.29 is 22.7 Å². The molecule has 7 nitrogen and oxygen atoms in total.